The van der Waals surface area contributed by atoms with Crippen LogP contribution in [0.4, 0.5) is 0 Å². The molecule has 0 saturated carbocycles. The third-order valence-electron chi connectivity index (χ3n) is 3.67. The molecule has 0 unspecified atom stereocenters. The maximum atomic E-state index is 12.3. The van der Waals surface area contributed by atoms with Crippen LogP contribution in [0.2, 0.25) is 10.0 Å². The van der Waals surface area contributed by atoms with E-state index in [0.717, 1.165) is 0 Å². The second-order valence-electron chi connectivity index (χ2n) is 5.13. The summed E-state index contributed by atoms with van der Waals surface area (Å²) in [5.41, 5.74) is 0.221. The number of hydrogen-bond acceptors (Lipinski definition) is 5. The van der Waals surface area contributed by atoms with Crippen LogP contribution in [0.15, 0.2) is 33.5 Å². The fraction of sp³-hybridized carbons (Fsp3) is 0.250. The van der Waals surface area contributed by atoms with Gasteiger partial charge in [0.05, 0.1) is 18.6 Å². The minimum atomic E-state index is -1.02. The van der Waals surface area contributed by atoms with Crippen molar-refractivity contribution >= 4 is 29.2 Å². The van der Waals surface area contributed by atoms with Crippen LogP contribution in [0.1, 0.15) is 22.8 Å². The van der Waals surface area contributed by atoms with Crippen LogP contribution in [0.3, 0.4) is 0 Å². The normalized spacial score (nSPS) is 19.1. The third-order valence-corrected chi connectivity index (χ3v) is 4.23. The van der Waals surface area contributed by atoms with E-state index in [-0.39, 0.29) is 5.56 Å². The Morgan fingerprint density at radius 2 is 2.00 bits per heavy atom. The fourth-order valence-electron chi connectivity index (χ4n) is 2.70. The van der Waals surface area contributed by atoms with Gasteiger partial charge in [0, 0.05) is 16.1 Å². The number of methoxy groups -OCH3 is 1. The van der Waals surface area contributed by atoms with Gasteiger partial charge in [0.15, 0.2) is 0 Å². The Morgan fingerprint density at radius 1 is 1.26 bits per heavy atom. The molecule has 23 heavy (non-hydrogen) atoms. The summed E-state index contributed by atoms with van der Waals surface area (Å²) < 4.78 is 15.6. The molecule has 1 aromatic carbocycles. The molecular weight excluding hydrogens is 343 g/mol. The monoisotopic (exact) mass is 354 g/mol. The zero-order chi connectivity index (χ0) is 16.7. The lowest BCUT2D eigenvalue weighted by atomic mass is 9.89. The van der Waals surface area contributed by atoms with E-state index in [2.05, 4.69) is 0 Å². The van der Waals surface area contributed by atoms with E-state index < -0.39 is 23.6 Å². The molecule has 2 aromatic rings. The number of carbonyl (C=O) groups excluding carboxylic acids is 1. The van der Waals surface area contributed by atoms with Gasteiger partial charge in [-0.05, 0) is 24.6 Å². The number of esters is 1. The van der Waals surface area contributed by atoms with Crippen LogP contribution in [0, 0.1) is 6.92 Å². The summed E-state index contributed by atoms with van der Waals surface area (Å²) in [4.78, 5) is 24.4. The molecule has 0 spiro atoms. The molecule has 0 saturated heterocycles. The Bertz CT molecular complexity index is 843. The van der Waals surface area contributed by atoms with Gasteiger partial charge in [0.1, 0.15) is 11.5 Å². The zero-order valence-corrected chi connectivity index (χ0v) is 13.8. The van der Waals surface area contributed by atoms with Crippen LogP contribution in [0.5, 0.6) is 5.75 Å². The SMILES string of the molecule is COC(=O)[C@H]1Oc2cc(C)oc(=O)c2[C@H]1c1ccc(Cl)cc1Cl. The maximum Gasteiger partial charge on any atom is 0.348 e. The lowest BCUT2D eigenvalue weighted by molar-refractivity contribution is -0.148. The third kappa shape index (κ3) is 2.71. The topological polar surface area (TPSA) is 65.7 Å². The molecule has 0 N–H and O–H groups in total. The predicted molar refractivity (Wildman–Crippen MR) is 84.5 cm³/mol. The summed E-state index contributed by atoms with van der Waals surface area (Å²) in [5, 5.41) is 0.774. The van der Waals surface area contributed by atoms with E-state index >= 15 is 0 Å². The number of benzene rings is 1. The van der Waals surface area contributed by atoms with E-state index in [4.69, 9.17) is 37.1 Å². The van der Waals surface area contributed by atoms with Gasteiger partial charge in [0.2, 0.25) is 6.10 Å². The highest BCUT2D eigenvalue weighted by Crippen LogP contribution is 2.43. The maximum absolute atomic E-state index is 12.3. The van der Waals surface area contributed by atoms with Crippen LogP contribution >= 0.6 is 23.2 Å². The zero-order valence-electron chi connectivity index (χ0n) is 12.3. The van der Waals surface area contributed by atoms with Crippen molar-refractivity contribution in [3.05, 3.63) is 61.6 Å². The minimum Gasteiger partial charge on any atom is -0.477 e. The second kappa shape index (κ2) is 5.91. The van der Waals surface area contributed by atoms with Crippen molar-refractivity contribution in [1.82, 2.24) is 0 Å². The van der Waals surface area contributed by atoms with E-state index in [1.165, 1.54) is 7.11 Å². The largest absolute Gasteiger partial charge is 0.477 e. The molecule has 0 aliphatic carbocycles. The Labute approximate surface area is 141 Å². The van der Waals surface area contributed by atoms with Crippen molar-refractivity contribution < 1.29 is 18.7 Å². The Morgan fingerprint density at radius 3 is 2.65 bits per heavy atom. The molecule has 120 valence electrons. The summed E-state index contributed by atoms with van der Waals surface area (Å²) in [6.07, 6.45) is -1.02. The Kier molecular flexibility index (Phi) is 4.08. The fourth-order valence-corrected chi connectivity index (χ4v) is 3.23. The summed E-state index contributed by atoms with van der Waals surface area (Å²) in [6, 6.07) is 6.39. The van der Waals surface area contributed by atoms with E-state index in [0.29, 0.717) is 27.1 Å². The van der Waals surface area contributed by atoms with Gasteiger partial charge in [-0.1, -0.05) is 29.3 Å². The Hall–Kier alpha value is -1.98. The highest BCUT2D eigenvalue weighted by Gasteiger charge is 2.44. The van der Waals surface area contributed by atoms with Crippen molar-refractivity contribution in [3.8, 4) is 5.75 Å². The predicted octanol–water partition coefficient (Wildman–Crippen LogP) is 3.32. The first-order valence-electron chi connectivity index (χ1n) is 6.76. The number of carbonyl (C=O) groups is 1. The molecule has 2 atom stereocenters. The summed E-state index contributed by atoms with van der Waals surface area (Å²) >= 11 is 12.2. The molecule has 0 bridgehead atoms. The van der Waals surface area contributed by atoms with E-state index in [9.17, 15) is 9.59 Å². The van der Waals surface area contributed by atoms with Crippen molar-refractivity contribution in [1.29, 1.82) is 0 Å². The molecular formula is C16H12Cl2O5. The Balaban J connectivity index is 2.22. The van der Waals surface area contributed by atoms with Gasteiger partial charge in [-0.15, -0.1) is 0 Å². The molecule has 0 radical (unpaired) electrons. The van der Waals surface area contributed by atoms with Gasteiger partial charge in [-0.25, -0.2) is 9.59 Å². The molecule has 5 nitrogen and oxygen atoms in total. The quantitative estimate of drug-likeness (QED) is 0.774. The van der Waals surface area contributed by atoms with Gasteiger partial charge < -0.3 is 13.9 Å². The van der Waals surface area contributed by atoms with Crippen molar-refractivity contribution in [2.45, 2.75) is 18.9 Å². The molecule has 0 fully saturated rings. The number of rotatable bonds is 2. The van der Waals surface area contributed by atoms with Gasteiger partial charge >= 0.3 is 11.6 Å². The van der Waals surface area contributed by atoms with Gasteiger partial charge in [0.25, 0.3) is 0 Å². The van der Waals surface area contributed by atoms with Crippen LogP contribution in [-0.2, 0) is 9.53 Å². The smallest absolute Gasteiger partial charge is 0.348 e. The van der Waals surface area contributed by atoms with Crippen LogP contribution < -0.4 is 10.4 Å². The number of ether oxygens (including phenoxy) is 2. The highest BCUT2D eigenvalue weighted by atomic mass is 35.5. The summed E-state index contributed by atoms with van der Waals surface area (Å²) in [6.45, 7) is 1.63. The molecule has 7 heteroatoms. The highest BCUT2D eigenvalue weighted by molar-refractivity contribution is 6.35. The minimum absolute atomic E-state index is 0.246. The first kappa shape index (κ1) is 15.9. The van der Waals surface area contributed by atoms with Crippen LogP contribution in [-0.4, -0.2) is 19.2 Å². The average molecular weight is 355 g/mol. The summed E-state index contributed by atoms with van der Waals surface area (Å²) in [7, 11) is 1.25. The lowest BCUT2D eigenvalue weighted by Gasteiger charge is -2.18. The average Bonchev–Trinajstić information content (AvgIpc) is 2.85. The molecule has 1 aliphatic rings. The lowest BCUT2D eigenvalue weighted by Crippen LogP contribution is -2.32. The number of hydrogen-bond donors (Lipinski definition) is 0. The molecule has 2 heterocycles. The first-order chi connectivity index (χ1) is 10.9. The van der Waals surface area contributed by atoms with Crippen molar-refractivity contribution in [2.75, 3.05) is 7.11 Å². The molecule has 1 aromatic heterocycles. The van der Waals surface area contributed by atoms with Crippen molar-refractivity contribution in [2.24, 2.45) is 0 Å². The van der Waals surface area contributed by atoms with Crippen LogP contribution in [0.25, 0.3) is 0 Å². The second-order valence-corrected chi connectivity index (χ2v) is 5.97. The van der Waals surface area contributed by atoms with E-state index in [1.807, 2.05) is 0 Å². The number of fused-ring (bicyclic) bond motifs is 1. The first-order valence-corrected chi connectivity index (χ1v) is 7.52. The standard InChI is InChI=1S/C16H12Cl2O5/c1-7-5-11-13(15(19)22-7)12(14(23-11)16(20)21-2)9-4-3-8(17)6-10(9)18/h3-6,12,14H,1-2H3/t12-,14+/m1/s1. The van der Waals surface area contributed by atoms with Crippen molar-refractivity contribution in [3.63, 3.8) is 0 Å². The molecule has 0 amide bonds. The molecule has 1 aliphatic heterocycles. The number of halogens is 2. The van der Waals surface area contributed by atoms with Gasteiger partial charge in [-0.2, -0.15) is 0 Å². The van der Waals surface area contributed by atoms with Gasteiger partial charge in [-0.3, -0.25) is 0 Å². The summed E-state index contributed by atoms with van der Waals surface area (Å²) in [5.74, 6) is -0.640. The molecule has 3 rings (SSSR count). The van der Waals surface area contributed by atoms with E-state index in [1.54, 1.807) is 31.2 Å². The number of aryl methyl sites for hydroxylation is 1.